The number of nitriles is 1. The third-order valence-corrected chi connectivity index (χ3v) is 8.41. The second kappa shape index (κ2) is 16.5. The SMILES string of the molecule is CCOc1ccccc1O[C@H](c1ccccc1)[C@H]1CNCCO1.CN(C)CCCC1(c2ccc(F)cc2)OCc2cc(C#N)ccc21. The molecule has 2 aliphatic rings. The van der Waals surface area contributed by atoms with Crippen molar-refractivity contribution >= 4 is 0 Å². The highest BCUT2D eigenvalue weighted by molar-refractivity contribution is 5.48. The Morgan fingerprint density at radius 3 is 2.43 bits per heavy atom. The van der Waals surface area contributed by atoms with E-state index in [2.05, 4.69) is 28.4 Å². The van der Waals surface area contributed by atoms with Gasteiger partial charge < -0.3 is 29.2 Å². The fourth-order valence-electron chi connectivity index (χ4n) is 6.15. The minimum Gasteiger partial charge on any atom is -0.490 e. The van der Waals surface area contributed by atoms with E-state index in [9.17, 15) is 4.39 Å². The Morgan fingerprint density at radius 1 is 1.00 bits per heavy atom. The van der Waals surface area contributed by atoms with Crippen LogP contribution < -0.4 is 14.8 Å². The zero-order valence-corrected chi connectivity index (χ0v) is 27.5. The van der Waals surface area contributed by atoms with Gasteiger partial charge in [-0.15, -0.1) is 0 Å². The average molecular weight is 638 g/mol. The maximum absolute atomic E-state index is 13.4. The fourth-order valence-corrected chi connectivity index (χ4v) is 6.15. The number of morpholine rings is 1. The minimum absolute atomic E-state index is 0.0270. The number of fused-ring (bicyclic) bond motifs is 1. The third-order valence-electron chi connectivity index (χ3n) is 8.41. The molecule has 1 fully saturated rings. The first-order valence-electron chi connectivity index (χ1n) is 16.3. The van der Waals surface area contributed by atoms with Crippen LogP contribution in [0.2, 0.25) is 0 Å². The molecular formula is C39H44FN3O4. The Morgan fingerprint density at radius 2 is 1.74 bits per heavy atom. The molecule has 1 unspecified atom stereocenters. The molecular weight excluding hydrogens is 593 g/mol. The fraction of sp³-hybridized carbons (Fsp3) is 0.359. The van der Waals surface area contributed by atoms with Crippen LogP contribution in [0.5, 0.6) is 11.5 Å². The van der Waals surface area contributed by atoms with Gasteiger partial charge in [0.25, 0.3) is 0 Å². The molecule has 7 nitrogen and oxygen atoms in total. The third kappa shape index (κ3) is 8.56. The first-order valence-corrected chi connectivity index (χ1v) is 16.3. The second-order valence-electron chi connectivity index (χ2n) is 12.0. The van der Waals surface area contributed by atoms with Gasteiger partial charge in [0.05, 0.1) is 31.5 Å². The topological polar surface area (TPSA) is 76.0 Å². The predicted octanol–water partition coefficient (Wildman–Crippen LogP) is 7.01. The van der Waals surface area contributed by atoms with Crippen molar-refractivity contribution < 1.29 is 23.3 Å². The molecule has 8 heteroatoms. The van der Waals surface area contributed by atoms with Crippen LogP contribution in [0.1, 0.15) is 53.7 Å². The second-order valence-corrected chi connectivity index (χ2v) is 12.0. The summed E-state index contributed by atoms with van der Waals surface area (Å²) in [6, 6.07) is 32.4. The van der Waals surface area contributed by atoms with Crippen LogP contribution in [0.3, 0.4) is 0 Å². The van der Waals surface area contributed by atoms with E-state index in [0.717, 1.165) is 66.2 Å². The smallest absolute Gasteiger partial charge is 0.162 e. The van der Waals surface area contributed by atoms with Crippen LogP contribution in [-0.4, -0.2) is 57.9 Å². The molecule has 1 N–H and O–H groups in total. The molecule has 1 saturated heterocycles. The van der Waals surface area contributed by atoms with Crippen molar-refractivity contribution in [2.45, 2.75) is 44.2 Å². The number of hydrogen-bond donors (Lipinski definition) is 1. The summed E-state index contributed by atoms with van der Waals surface area (Å²) in [6.45, 7) is 6.37. The van der Waals surface area contributed by atoms with Crippen LogP contribution in [0.25, 0.3) is 0 Å². The Labute approximate surface area is 277 Å². The van der Waals surface area contributed by atoms with Gasteiger partial charge in [-0.2, -0.15) is 5.26 Å². The summed E-state index contributed by atoms with van der Waals surface area (Å²) in [6.07, 6.45) is 1.57. The van der Waals surface area contributed by atoms with Gasteiger partial charge in [-0.25, -0.2) is 4.39 Å². The number of rotatable bonds is 11. The number of ether oxygens (including phenoxy) is 4. The van der Waals surface area contributed by atoms with Crippen LogP contribution in [0.4, 0.5) is 4.39 Å². The maximum Gasteiger partial charge on any atom is 0.162 e. The monoisotopic (exact) mass is 637 g/mol. The zero-order valence-electron chi connectivity index (χ0n) is 27.5. The van der Waals surface area contributed by atoms with E-state index >= 15 is 0 Å². The van der Waals surface area contributed by atoms with Crippen LogP contribution in [0.15, 0.2) is 97.1 Å². The number of nitrogens with zero attached hydrogens (tertiary/aromatic N) is 2. The van der Waals surface area contributed by atoms with Crippen LogP contribution in [-0.2, 0) is 21.7 Å². The van der Waals surface area contributed by atoms with Crippen molar-refractivity contribution in [2.75, 3.05) is 46.9 Å². The molecule has 4 aromatic rings. The lowest BCUT2D eigenvalue weighted by atomic mass is 9.81. The largest absolute Gasteiger partial charge is 0.490 e. The summed E-state index contributed by atoms with van der Waals surface area (Å²) in [5, 5.41) is 12.5. The normalized spacial score (nSPS) is 19.2. The molecule has 0 bridgehead atoms. The van der Waals surface area contributed by atoms with Crippen molar-refractivity contribution in [1.82, 2.24) is 10.2 Å². The van der Waals surface area contributed by atoms with Gasteiger partial charge in [0, 0.05) is 13.1 Å². The zero-order chi connectivity index (χ0) is 33.1. The van der Waals surface area contributed by atoms with Crippen molar-refractivity contribution in [3.63, 3.8) is 0 Å². The summed E-state index contributed by atoms with van der Waals surface area (Å²) in [7, 11) is 4.10. The van der Waals surface area contributed by atoms with E-state index in [4.69, 9.17) is 24.2 Å². The van der Waals surface area contributed by atoms with Gasteiger partial charge in [-0.05, 0) is 99.1 Å². The highest BCUT2D eigenvalue weighted by Gasteiger charge is 2.41. The first-order chi connectivity index (χ1) is 22.9. The van der Waals surface area contributed by atoms with Gasteiger partial charge >= 0.3 is 0 Å². The Balaban J connectivity index is 0.000000185. The van der Waals surface area contributed by atoms with E-state index in [1.165, 1.54) is 12.1 Å². The van der Waals surface area contributed by atoms with Crippen molar-refractivity contribution in [3.8, 4) is 17.6 Å². The Hall–Kier alpha value is -4.26. The summed E-state index contributed by atoms with van der Waals surface area (Å²) < 4.78 is 37.6. The standard InChI is InChI=1S/C20H21FN2O.C19H23NO3/c1-23(2)11-3-10-20(17-5-7-18(21)8-6-17)19-9-4-15(13-22)12-16(19)14-24-20;1-2-21-16-10-6-7-11-17(16)23-19(15-8-4-3-5-9-15)18-14-20-12-13-22-18/h4-9,12H,3,10-11,14H2,1-2H3;3-11,18-20H,2,12-14H2,1H3/t;18-,19-/m.1/s1. The summed E-state index contributed by atoms with van der Waals surface area (Å²) in [5.41, 5.74) is 4.28. The minimum atomic E-state index is -0.562. The van der Waals surface area contributed by atoms with Gasteiger partial charge in [0.2, 0.25) is 0 Å². The van der Waals surface area contributed by atoms with Crippen molar-refractivity contribution in [1.29, 1.82) is 5.26 Å². The van der Waals surface area contributed by atoms with Crippen LogP contribution >= 0.6 is 0 Å². The van der Waals surface area contributed by atoms with E-state index < -0.39 is 5.60 Å². The number of hydrogen-bond acceptors (Lipinski definition) is 7. The maximum atomic E-state index is 13.4. The average Bonchev–Trinajstić information content (AvgIpc) is 3.47. The lowest BCUT2D eigenvalue weighted by Gasteiger charge is -2.32. The molecule has 0 radical (unpaired) electrons. The van der Waals surface area contributed by atoms with E-state index in [-0.39, 0.29) is 18.0 Å². The quantitative estimate of drug-likeness (QED) is 0.190. The number of halogens is 1. The molecule has 2 heterocycles. The Kier molecular flexibility index (Phi) is 12.0. The van der Waals surface area contributed by atoms with Gasteiger partial charge in [-0.3, -0.25) is 0 Å². The highest BCUT2D eigenvalue weighted by Crippen LogP contribution is 2.45. The summed E-state index contributed by atoms with van der Waals surface area (Å²) >= 11 is 0. The number of nitrogens with one attached hydrogen (secondary N) is 1. The molecule has 246 valence electrons. The van der Waals surface area contributed by atoms with Crippen molar-refractivity contribution in [3.05, 3.63) is 131 Å². The summed E-state index contributed by atoms with van der Waals surface area (Å²) in [5.74, 6) is 1.26. The molecule has 0 saturated carbocycles. The van der Waals surface area contributed by atoms with Crippen molar-refractivity contribution in [2.24, 2.45) is 0 Å². The van der Waals surface area contributed by atoms with Gasteiger partial charge in [-0.1, -0.05) is 60.7 Å². The molecule has 2 aliphatic heterocycles. The predicted molar refractivity (Wildman–Crippen MR) is 181 cm³/mol. The van der Waals surface area contributed by atoms with Gasteiger partial charge in [0.1, 0.15) is 17.5 Å². The van der Waals surface area contributed by atoms with Crippen LogP contribution in [0, 0.1) is 17.1 Å². The molecule has 6 rings (SSSR count). The molecule has 0 amide bonds. The lowest BCUT2D eigenvalue weighted by Crippen LogP contribution is -2.43. The summed E-state index contributed by atoms with van der Waals surface area (Å²) in [4.78, 5) is 2.15. The lowest BCUT2D eigenvalue weighted by molar-refractivity contribution is -0.0439. The van der Waals surface area contributed by atoms with Gasteiger partial charge in [0.15, 0.2) is 17.6 Å². The van der Waals surface area contributed by atoms with E-state index in [1.807, 2.05) is 81.7 Å². The van der Waals surface area contributed by atoms with E-state index in [1.54, 1.807) is 12.1 Å². The molecule has 0 aliphatic carbocycles. The molecule has 0 aromatic heterocycles. The number of benzene rings is 4. The Bertz CT molecular complexity index is 1600. The highest BCUT2D eigenvalue weighted by atomic mass is 19.1. The molecule has 0 spiro atoms. The molecule has 47 heavy (non-hydrogen) atoms. The molecule has 4 aromatic carbocycles. The number of para-hydroxylation sites is 2. The first kappa shape index (κ1) is 34.1. The molecule has 3 atom stereocenters. The van der Waals surface area contributed by atoms with E-state index in [0.29, 0.717) is 25.4 Å².